The van der Waals surface area contributed by atoms with E-state index in [9.17, 15) is 4.80 Å². The van der Waals surface area contributed by atoms with Crippen molar-refractivity contribution < 1.29 is 50.2 Å². The Morgan fingerprint density at radius 3 is 0.912 bits per heavy atom. The van der Waals surface area contributed by atoms with Crippen LogP contribution in [0.15, 0.2) is 54.6 Å². The van der Waals surface area contributed by atoms with Crippen molar-refractivity contribution in [2.75, 3.05) is 42.7 Å². The monoisotopic (exact) mass is 558 g/mol. The van der Waals surface area contributed by atoms with Gasteiger partial charge in [0, 0.05) is 0 Å². The third kappa shape index (κ3) is 5.57. The third-order valence-electron chi connectivity index (χ3n) is 5.37. The Morgan fingerprint density at radius 2 is 0.706 bits per heavy atom. The molecule has 0 aliphatic rings. The number of halogens is 1. The zero-order valence-corrected chi connectivity index (χ0v) is 24.1. The molecule has 0 heterocycles. The largest absolute Gasteiger partial charge is 2.00 e. The standard InChI is InChI=1S/C24H27O7Si.BrH.Mg/c1-26-19-10-7-16(13-22(19)29-4)32(25,17-8-11-20(27-2)23(14-17)30-5)18-9-12-21(28-3)24(15-18)31-6;;/h7-15H,1-6H3;1H;/q-1;;+2/p-1. The summed E-state index contributed by atoms with van der Waals surface area (Å²) in [6.07, 6.45) is 0. The second-order valence-electron chi connectivity index (χ2n) is 6.89. The van der Waals surface area contributed by atoms with Gasteiger partial charge in [-0.1, -0.05) is 33.8 Å². The maximum Gasteiger partial charge on any atom is 2.00 e. The predicted octanol–water partition coefficient (Wildman–Crippen LogP) is -2.31. The molecule has 0 unspecified atom stereocenters. The van der Waals surface area contributed by atoms with E-state index in [1.165, 1.54) is 0 Å². The smallest absolute Gasteiger partial charge is 1.00 e. The third-order valence-corrected chi connectivity index (χ3v) is 8.74. The van der Waals surface area contributed by atoms with Crippen LogP contribution in [0, 0.1) is 0 Å². The van der Waals surface area contributed by atoms with E-state index < -0.39 is 8.32 Å². The molecule has 0 saturated carbocycles. The summed E-state index contributed by atoms with van der Waals surface area (Å²) in [5.41, 5.74) is 0. The van der Waals surface area contributed by atoms with Gasteiger partial charge in [-0.15, -0.1) is 0 Å². The molecule has 10 heteroatoms. The Bertz CT molecular complexity index is 962. The minimum Gasteiger partial charge on any atom is -1.00 e. The number of ether oxygens (including phenoxy) is 6. The molecule has 3 aromatic carbocycles. The van der Waals surface area contributed by atoms with E-state index in [0.717, 1.165) is 0 Å². The number of benzene rings is 3. The first-order chi connectivity index (χ1) is 15.5. The van der Waals surface area contributed by atoms with Crippen molar-refractivity contribution in [3.05, 3.63) is 54.6 Å². The van der Waals surface area contributed by atoms with Gasteiger partial charge in [-0.05, 0) is 36.4 Å². The van der Waals surface area contributed by atoms with Crippen molar-refractivity contribution in [1.29, 1.82) is 0 Å². The first-order valence-electron chi connectivity index (χ1n) is 9.84. The summed E-state index contributed by atoms with van der Waals surface area (Å²) in [5, 5.41) is 1.78. The van der Waals surface area contributed by atoms with Gasteiger partial charge in [0.25, 0.3) is 0 Å². The minimum atomic E-state index is -3.78. The summed E-state index contributed by atoms with van der Waals surface area (Å²) in [7, 11) is 5.52. The molecule has 7 nitrogen and oxygen atoms in total. The van der Waals surface area contributed by atoms with Crippen molar-refractivity contribution in [2.24, 2.45) is 0 Å². The van der Waals surface area contributed by atoms with Crippen LogP contribution >= 0.6 is 0 Å². The Balaban J connectivity index is 0.00000289. The molecule has 0 amide bonds. The molecule has 0 fully saturated rings. The molecular formula is C24H27BrMgO7Si. The van der Waals surface area contributed by atoms with Crippen LogP contribution in [0.2, 0.25) is 0 Å². The van der Waals surface area contributed by atoms with Crippen molar-refractivity contribution in [3.8, 4) is 34.5 Å². The molecule has 0 bridgehead atoms. The fraction of sp³-hybridized carbons (Fsp3) is 0.250. The summed E-state index contributed by atoms with van der Waals surface area (Å²) >= 11 is 0. The van der Waals surface area contributed by atoms with Gasteiger partial charge in [-0.2, -0.15) is 0 Å². The van der Waals surface area contributed by atoms with Crippen molar-refractivity contribution in [2.45, 2.75) is 0 Å². The molecule has 0 N–H and O–H groups in total. The van der Waals surface area contributed by atoms with Gasteiger partial charge in [0.15, 0.2) is 34.5 Å². The predicted molar refractivity (Wildman–Crippen MR) is 129 cm³/mol. The van der Waals surface area contributed by atoms with Gasteiger partial charge < -0.3 is 50.2 Å². The molecule has 0 saturated heterocycles. The maximum absolute atomic E-state index is 15.0. The first-order valence-corrected chi connectivity index (χ1v) is 11.8. The van der Waals surface area contributed by atoms with E-state index in [-0.39, 0.29) is 40.0 Å². The Kier molecular flexibility index (Phi) is 11.5. The van der Waals surface area contributed by atoms with Gasteiger partial charge in [-0.3, -0.25) is 0 Å². The van der Waals surface area contributed by atoms with Crippen LogP contribution in [0.4, 0.5) is 0 Å². The van der Waals surface area contributed by atoms with E-state index in [4.69, 9.17) is 28.4 Å². The molecule has 3 aromatic rings. The summed E-state index contributed by atoms with van der Waals surface area (Å²) in [6, 6.07) is 15.8. The minimum absolute atomic E-state index is 0. The van der Waals surface area contributed by atoms with Crippen LogP contribution < -0.4 is 65.8 Å². The zero-order chi connectivity index (χ0) is 23.3. The first kappa shape index (κ1) is 29.9. The van der Waals surface area contributed by atoms with Gasteiger partial charge in [0.2, 0.25) is 0 Å². The molecule has 178 valence electrons. The van der Waals surface area contributed by atoms with Crippen LogP contribution in [0.5, 0.6) is 34.5 Å². The molecule has 3 rings (SSSR count). The Hall–Kier alpha value is -2.12. The van der Waals surface area contributed by atoms with Crippen LogP contribution in [0.1, 0.15) is 0 Å². The summed E-state index contributed by atoms with van der Waals surface area (Å²) in [5.74, 6) is 3.10. The van der Waals surface area contributed by atoms with Crippen LogP contribution in [-0.4, -0.2) is 74.0 Å². The van der Waals surface area contributed by atoms with Gasteiger partial charge in [0.1, 0.15) is 0 Å². The fourth-order valence-electron chi connectivity index (χ4n) is 3.67. The average Bonchev–Trinajstić information content (AvgIpc) is 2.86. The maximum atomic E-state index is 15.0. The van der Waals surface area contributed by atoms with Crippen LogP contribution in [0.3, 0.4) is 0 Å². The fourth-order valence-corrected chi connectivity index (χ4v) is 6.62. The number of rotatable bonds is 9. The van der Waals surface area contributed by atoms with E-state index in [1.54, 1.807) is 97.3 Å². The molecule has 0 aromatic heterocycles. The number of hydrogen-bond acceptors (Lipinski definition) is 7. The van der Waals surface area contributed by atoms with E-state index >= 15 is 0 Å². The molecule has 0 atom stereocenters. The topological polar surface area (TPSA) is 78.4 Å². The zero-order valence-electron chi connectivity index (χ0n) is 20.1. The van der Waals surface area contributed by atoms with Crippen molar-refractivity contribution >= 4 is 46.9 Å². The second-order valence-corrected chi connectivity index (χ2v) is 9.98. The van der Waals surface area contributed by atoms with E-state index in [2.05, 4.69) is 0 Å². The molecule has 0 spiro atoms. The number of methoxy groups -OCH3 is 6. The normalized spacial score (nSPS) is 10.3. The number of hydrogen-bond donors (Lipinski definition) is 0. The van der Waals surface area contributed by atoms with Crippen molar-refractivity contribution in [3.63, 3.8) is 0 Å². The molecule has 0 aliphatic heterocycles. The average molecular weight is 560 g/mol. The van der Waals surface area contributed by atoms with Gasteiger partial charge >= 0.3 is 23.1 Å². The van der Waals surface area contributed by atoms with Gasteiger partial charge in [0.05, 0.1) is 51.0 Å². The molecule has 0 radical (unpaired) electrons. The summed E-state index contributed by atoms with van der Waals surface area (Å²) < 4.78 is 32.5. The summed E-state index contributed by atoms with van der Waals surface area (Å²) in [6.45, 7) is 0. The second kappa shape index (κ2) is 13.1. The Morgan fingerprint density at radius 1 is 0.471 bits per heavy atom. The van der Waals surface area contributed by atoms with E-state index in [0.29, 0.717) is 50.1 Å². The van der Waals surface area contributed by atoms with E-state index in [1.807, 2.05) is 0 Å². The quantitative estimate of drug-likeness (QED) is 0.215. The van der Waals surface area contributed by atoms with Crippen LogP contribution in [0.25, 0.3) is 0 Å². The Labute approximate surface area is 227 Å². The molecule has 34 heavy (non-hydrogen) atoms. The summed E-state index contributed by atoms with van der Waals surface area (Å²) in [4.78, 5) is 15.0. The SMILES string of the molecule is COc1ccc([Si]([O-])(c2ccc(OC)c(OC)c2)c2ccc(OC)c(OC)c2)cc1OC.[Br-].[Mg+2]. The van der Waals surface area contributed by atoms with Crippen molar-refractivity contribution in [1.82, 2.24) is 0 Å². The van der Waals surface area contributed by atoms with Gasteiger partial charge in [-0.25, -0.2) is 0 Å². The molecular weight excluding hydrogens is 533 g/mol. The van der Waals surface area contributed by atoms with Crippen LogP contribution in [-0.2, 0) is 0 Å². The molecule has 0 aliphatic carbocycles.